The van der Waals surface area contributed by atoms with Gasteiger partial charge in [0.2, 0.25) is 0 Å². The fourth-order valence-electron chi connectivity index (χ4n) is 0.911. The molecule has 0 amide bonds. The largest absolute Gasteiger partial charge is 1.00 e. The highest BCUT2D eigenvalue weighted by Gasteiger charge is 2.22. The van der Waals surface area contributed by atoms with Crippen LogP contribution in [0.15, 0.2) is 23.1 Å². The minimum absolute atomic E-state index is 0. The summed E-state index contributed by atoms with van der Waals surface area (Å²) in [6.07, 6.45) is 0. The molecule has 0 saturated carbocycles. The van der Waals surface area contributed by atoms with E-state index in [4.69, 9.17) is 4.42 Å². The highest BCUT2D eigenvalue weighted by molar-refractivity contribution is 5.52. The Hall–Kier alpha value is -1.14. The number of furan rings is 1. The summed E-state index contributed by atoms with van der Waals surface area (Å²) in [7, 11) is 5.74. The zero-order chi connectivity index (χ0) is 10.9. The van der Waals surface area contributed by atoms with E-state index in [-0.39, 0.29) is 22.9 Å². The zero-order valence-corrected chi connectivity index (χ0v) is 10.4. The van der Waals surface area contributed by atoms with Crippen molar-refractivity contribution in [2.45, 2.75) is 0 Å². The molecule has 0 bridgehead atoms. The summed E-state index contributed by atoms with van der Waals surface area (Å²) in [5.74, 6) is 0.193. The van der Waals surface area contributed by atoms with E-state index in [0.717, 1.165) is 0 Å². The molecule has 1 aromatic heterocycles. The Morgan fingerprint density at radius 1 is 1.47 bits per heavy atom. The van der Waals surface area contributed by atoms with Crippen LogP contribution < -0.4 is 17.0 Å². The van der Waals surface area contributed by atoms with Crippen LogP contribution in [0.5, 0.6) is 0 Å². The Labute approximate surface area is 98.5 Å². The first-order valence-corrected chi connectivity index (χ1v) is 4.08. The third-order valence-electron chi connectivity index (χ3n) is 1.87. The van der Waals surface area contributed by atoms with Crippen molar-refractivity contribution < 1.29 is 30.8 Å². The van der Waals surface area contributed by atoms with Crippen LogP contribution >= 0.6 is 0 Å². The van der Waals surface area contributed by atoms with Crippen LogP contribution in [-0.2, 0) is 0 Å². The number of rotatable bonds is 3. The highest BCUT2D eigenvalue weighted by Crippen LogP contribution is 2.25. The minimum atomic E-state index is -0.563. The maximum Gasteiger partial charge on any atom is 0.433 e. The number of nitrogens with zero attached hydrogens (tertiary/aromatic N) is 2. The molecule has 15 heavy (non-hydrogen) atoms. The molecule has 1 rings (SSSR count). The molecule has 1 heterocycles. The van der Waals surface area contributed by atoms with E-state index in [1.807, 2.05) is 21.1 Å². The second kappa shape index (κ2) is 4.59. The second-order valence-corrected chi connectivity index (χ2v) is 3.85. The maximum atomic E-state index is 10.4. The van der Waals surface area contributed by atoms with Crippen molar-refractivity contribution >= 4 is 11.6 Å². The minimum Gasteiger partial charge on any atom is -1.00 e. The van der Waals surface area contributed by atoms with Crippen molar-refractivity contribution in [2.24, 2.45) is 0 Å². The molecule has 0 aromatic carbocycles. The fourth-order valence-corrected chi connectivity index (χ4v) is 0.911. The van der Waals surface area contributed by atoms with Crippen LogP contribution in [0.3, 0.4) is 0 Å². The molecule has 0 aliphatic heterocycles. The van der Waals surface area contributed by atoms with Crippen molar-refractivity contribution in [2.75, 3.05) is 21.1 Å². The molecule has 0 aliphatic rings. The molecule has 0 atom stereocenters. The Bertz CT molecular complexity index is 379. The summed E-state index contributed by atoms with van der Waals surface area (Å²) in [4.78, 5) is 9.80. The lowest BCUT2D eigenvalue weighted by Gasteiger charge is -2.23. The van der Waals surface area contributed by atoms with Gasteiger partial charge in [-0.3, -0.25) is 14.6 Å². The van der Waals surface area contributed by atoms with Crippen LogP contribution in [0, 0.1) is 10.1 Å². The van der Waals surface area contributed by atoms with Gasteiger partial charge < -0.3 is 21.4 Å². The topological polar surface area (TPSA) is 56.3 Å². The quantitative estimate of drug-likeness (QED) is 0.399. The molecule has 1 aromatic rings. The Kier molecular flexibility index (Phi) is 4.24. The van der Waals surface area contributed by atoms with Gasteiger partial charge in [-0.15, -0.1) is 0 Å². The molecule has 0 fully saturated rings. The van der Waals surface area contributed by atoms with Crippen molar-refractivity contribution in [1.29, 1.82) is 0 Å². The van der Waals surface area contributed by atoms with Gasteiger partial charge in [-0.2, -0.15) is 0 Å². The van der Waals surface area contributed by atoms with Crippen molar-refractivity contribution in [1.82, 2.24) is 0 Å². The molecule has 0 unspecified atom stereocenters. The standard InChI is InChI=1S/C9H13N2O3.BrH/c1-7(11(2,3)4)8-5-6-9(14-8)10(12)13;/h5-6H,1H2,2-4H3;1H/q+1;/p-1. The third kappa shape index (κ3) is 3.17. The van der Waals surface area contributed by atoms with Crippen molar-refractivity contribution in [3.8, 4) is 0 Å². The number of nitro groups is 1. The van der Waals surface area contributed by atoms with Gasteiger partial charge in [0, 0.05) is 0 Å². The molecule has 84 valence electrons. The second-order valence-electron chi connectivity index (χ2n) is 3.85. The van der Waals surface area contributed by atoms with Crippen LogP contribution in [0.4, 0.5) is 5.88 Å². The Morgan fingerprint density at radius 3 is 2.33 bits per heavy atom. The third-order valence-corrected chi connectivity index (χ3v) is 1.87. The van der Waals surface area contributed by atoms with Crippen LogP contribution in [-0.4, -0.2) is 30.5 Å². The highest BCUT2D eigenvalue weighted by atomic mass is 79.9. The smallest absolute Gasteiger partial charge is 0.433 e. The molecule has 0 spiro atoms. The molecular formula is C9H13BrN2O3. The van der Waals surface area contributed by atoms with E-state index in [0.29, 0.717) is 15.9 Å². The summed E-state index contributed by atoms with van der Waals surface area (Å²) >= 11 is 0. The number of hydrogen-bond donors (Lipinski definition) is 0. The van der Waals surface area contributed by atoms with Crippen LogP contribution in [0.2, 0.25) is 0 Å². The van der Waals surface area contributed by atoms with Crippen molar-refractivity contribution in [3.63, 3.8) is 0 Å². The lowest BCUT2D eigenvalue weighted by molar-refractivity contribution is -0.796. The van der Waals surface area contributed by atoms with Gasteiger partial charge in [0.1, 0.15) is 4.92 Å². The van der Waals surface area contributed by atoms with Gasteiger partial charge >= 0.3 is 5.88 Å². The monoisotopic (exact) mass is 276 g/mol. The average Bonchev–Trinajstić information content (AvgIpc) is 2.48. The molecule has 0 radical (unpaired) electrons. The predicted molar refractivity (Wildman–Crippen MR) is 52.4 cm³/mol. The van der Waals surface area contributed by atoms with Gasteiger partial charge in [0.25, 0.3) is 0 Å². The van der Waals surface area contributed by atoms with E-state index < -0.39 is 4.92 Å². The average molecular weight is 277 g/mol. The summed E-state index contributed by atoms with van der Waals surface area (Å²) in [6, 6.07) is 2.89. The van der Waals surface area contributed by atoms with Crippen LogP contribution in [0.1, 0.15) is 5.76 Å². The van der Waals surface area contributed by atoms with E-state index in [9.17, 15) is 10.1 Å². The molecule has 0 N–H and O–H groups in total. The Morgan fingerprint density at radius 2 is 2.00 bits per heavy atom. The van der Waals surface area contributed by atoms with E-state index in [1.165, 1.54) is 6.07 Å². The first-order chi connectivity index (χ1) is 6.32. The van der Waals surface area contributed by atoms with E-state index in [2.05, 4.69) is 6.58 Å². The summed E-state index contributed by atoms with van der Waals surface area (Å²) in [6.45, 7) is 3.82. The maximum absolute atomic E-state index is 10.4. The van der Waals surface area contributed by atoms with Crippen LogP contribution in [0.25, 0.3) is 5.70 Å². The first kappa shape index (κ1) is 13.9. The van der Waals surface area contributed by atoms with Gasteiger partial charge in [0.15, 0.2) is 11.5 Å². The van der Waals surface area contributed by atoms with E-state index in [1.54, 1.807) is 6.07 Å². The first-order valence-electron chi connectivity index (χ1n) is 4.08. The molecule has 0 saturated heterocycles. The van der Waals surface area contributed by atoms with Gasteiger partial charge in [-0.25, -0.2) is 0 Å². The number of hydrogen-bond acceptors (Lipinski definition) is 3. The SMILES string of the molecule is C=C(c1ccc([N+](=O)[O-])o1)[N+](C)(C)C.[Br-]. The normalized spacial score (nSPS) is 10.6. The predicted octanol–water partition coefficient (Wildman–Crippen LogP) is -1.13. The van der Waals surface area contributed by atoms with Crippen molar-refractivity contribution in [3.05, 3.63) is 34.6 Å². The fraction of sp³-hybridized carbons (Fsp3) is 0.333. The molecule has 5 nitrogen and oxygen atoms in total. The summed E-state index contributed by atoms with van der Waals surface area (Å²) in [5.41, 5.74) is 0.693. The van der Waals surface area contributed by atoms with Gasteiger partial charge in [-0.05, 0) is 12.6 Å². The van der Waals surface area contributed by atoms with Gasteiger partial charge in [0.05, 0.1) is 27.2 Å². The van der Waals surface area contributed by atoms with Gasteiger partial charge in [-0.1, -0.05) is 0 Å². The Balaban J connectivity index is 0.00000196. The zero-order valence-electron chi connectivity index (χ0n) is 8.86. The van der Waals surface area contributed by atoms with E-state index >= 15 is 0 Å². The molecule has 0 aliphatic carbocycles. The number of halogens is 1. The lowest BCUT2D eigenvalue weighted by atomic mass is 10.3. The summed E-state index contributed by atoms with van der Waals surface area (Å²) < 4.78 is 5.50. The lowest BCUT2D eigenvalue weighted by Crippen LogP contribution is -3.00. The summed E-state index contributed by atoms with van der Waals surface area (Å²) in [5, 5.41) is 10.4. The number of quaternary nitrogens is 1. The molecule has 6 heteroatoms. The molecular weight excluding hydrogens is 264 g/mol.